The van der Waals surface area contributed by atoms with Crippen LogP contribution in [0.4, 0.5) is 0 Å². The van der Waals surface area contributed by atoms with Gasteiger partial charge in [0.1, 0.15) is 16.5 Å². The third-order valence-corrected chi connectivity index (χ3v) is 5.31. The molecule has 1 aromatic heterocycles. The van der Waals surface area contributed by atoms with Crippen molar-refractivity contribution in [3.8, 4) is 16.3 Å². The third-order valence-electron chi connectivity index (χ3n) is 3.67. The highest BCUT2D eigenvalue weighted by Crippen LogP contribution is 2.27. The molecule has 1 N–H and O–H groups in total. The van der Waals surface area contributed by atoms with Crippen LogP contribution in [0.5, 0.6) is 5.75 Å². The van der Waals surface area contributed by atoms with Crippen LogP contribution >= 0.6 is 27.3 Å². The van der Waals surface area contributed by atoms with Gasteiger partial charge in [0.25, 0.3) is 5.91 Å². The summed E-state index contributed by atoms with van der Waals surface area (Å²) in [6.45, 7) is 4.41. The minimum atomic E-state index is -0.327. The van der Waals surface area contributed by atoms with Crippen LogP contribution in [0.3, 0.4) is 0 Å². The molecule has 0 aliphatic rings. The van der Waals surface area contributed by atoms with E-state index in [4.69, 9.17) is 4.74 Å². The number of carbonyl (C=O) groups is 1. The maximum absolute atomic E-state index is 12.4. The van der Waals surface area contributed by atoms with E-state index in [0.29, 0.717) is 12.3 Å². The van der Waals surface area contributed by atoms with Crippen molar-refractivity contribution in [2.45, 2.75) is 13.8 Å². The Kier molecular flexibility index (Phi) is 6.36. The van der Waals surface area contributed by atoms with Gasteiger partial charge in [0.2, 0.25) is 0 Å². The molecule has 0 saturated heterocycles. The highest BCUT2D eigenvalue weighted by molar-refractivity contribution is 9.10. The average Bonchev–Trinajstić information content (AvgIpc) is 3.06. The number of amides is 1. The molecule has 0 saturated carbocycles. The highest BCUT2D eigenvalue weighted by Gasteiger charge is 2.15. The number of thiazole rings is 1. The Balaban J connectivity index is 1.68. The van der Waals surface area contributed by atoms with Crippen LogP contribution in [0.25, 0.3) is 10.6 Å². The van der Waals surface area contributed by atoms with Crippen LogP contribution in [0.2, 0.25) is 0 Å². The lowest BCUT2D eigenvalue weighted by molar-refractivity contribution is 0.0950. The molecule has 1 heterocycles. The van der Waals surface area contributed by atoms with Gasteiger partial charge in [-0.2, -0.15) is 5.10 Å². The molecule has 27 heavy (non-hydrogen) atoms. The first kappa shape index (κ1) is 19.3. The van der Waals surface area contributed by atoms with Crippen LogP contribution in [0.15, 0.2) is 58.1 Å². The number of carbonyl (C=O) groups excluding carboxylic acids is 1. The summed E-state index contributed by atoms with van der Waals surface area (Å²) >= 11 is 4.95. The molecule has 0 aliphatic carbocycles. The summed E-state index contributed by atoms with van der Waals surface area (Å²) in [5.41, 5.74) is 4.76. The Bertz CT molecular complexity index is 971. The molecule has 0 radical (unpaired) electrons. The molecule has 138 valence electrons. The van der Waals surface area contributed by atoms with E-state index >= 15 is 0 Å². The van der Waals surface area contributed by atoms with E-state index in [-0.39, 0.29) is 5.91 Å². The van der Waals surface area contributed by atoms with Gasteiger partial charge in [-0.25, -0.2) is 10.4 Å². The summed E-state index contributed by atoms with van der Waals surface area (Å²) in [6, 6.07) is 15.4. The Labute approximate surface area is 170 Å². The number of aromatic nitrogens is 1. The number of halogens is 1. The molecule has 0 fully saturated rings. The summed E-state index contributed by atoms with van der Waals surface area (Å²) in [7, 11) is 0. The smallest absolute Gasteiger partial charge is 0.291 e. The van der Waals surface area contributed by atoms with Crippen LogP contribution in [0.1, 0.15) is 27.9 Å². The molecule has 0 spiro atoms. The second-order valence-corrected chi connectivity index (χ2v) is 7.67. The molecule has 0 unspecified atom stereocenters. The van der Waals surface area contributed by atoms with Crippen molar-refractivity contribution < 1.29 is 9.53 Å². The number of hydrazone groups is 1. The Morgan fingerprint density at radius 2 is 2.07 bits per heavy atom. The summed E-state index contributed by atoms with van der Waals surface area (Å²) in [4.78, 5) is 17.7. The van der Waals surface area contributed by atoms with Crippen molar-refractivity contribution in [1.29, 1.82) is 0 Å². The Morgan fingerprint density at radius 3 is 2.78 bits per heavy atom. The van der Waals surface area contributed by atoms with Crippen molar-refractivity contribution in [3.05, 3.63) is 69.1 Å². The molecule has 7 heteroatoms. The van der Waals surface area contributed by atoms with E-state index in [1.165, 1.54) is 11.3 Å². The zero-order valence-corrected chi connectivity index (χ0v) is 17.3. The Morgan fingerprint density at radius 1 is 1.30 bits per heavy atom. The second kappa shape index (κ2) is 8.92. The van der Waals surface area contributed by atoms with Gasteiger partial charge in [-0.3, -0.25) is 4.79 Å². The number of rotatable bonds is 6. The standard InChI is InChI=1S/C20H18BrN3O2S/c1-3-26-17-10-9-14(11-16(17)21)12-22-24-19(25)18-13(2)27-20(23-18)15-7-5-4-6-8-15/h4-12H,3H2,1-2H3,(H,24,25)/b22-12-. The van der Waals surface area contributed by atoms with E-state index < -0.39 is 0 Å². The maximum Gasteiger partial charge on any atom is 0.291 e. The van der Waals surface area contributed by atoms with Crippen molar-refractivity contribution >= 4 is 39.4 Å². The van der Waals surface area contributed by atoms with Gasteiger partial charge in [-0.1, -0.05) is 30.3 Å². The molecular formula is C20H18BrN3O2S. The van der Waals surface area contributed by atoms with Gasteiger partial charge in [0.15, 0.2) is 0 Å². The molecule has 0 atom stereocenters. The van der Waals surface area contributed by atoms with Crippen molar-refractivity contribution in [2.24, 2.45) is 5.10 Å². The number of ether oxygens (including phenoxy) is 1. The zero-order chi connectivity index (χ0) is 19.2. The molecule has 0 bridgehead atoms. The number of nitrogens with zero attached hydrogens (tertiary/aromatic N) is 2. The van der Waals surface area contributed by atoms with E-state index in [1.807, 2.05) is 62.4 Å². The molecular weight excluding hydrogens is 426 g/mol. The lowest BCUT2D eigenvalue weighted by atomic mass is 10.2. The number of hydrogen-bond acceptors (Lipinski definition) is 5. The topological polar surface area (TPSA) is 63.6 Å². The van der Waals surface area contributed by atoms with Gasteiger partial charge in [-0.15, -0.1) is 11.3 Å². The summed E-state index contributed by atoms with van der Waals surface area (Å²) in [6.07, 6.45) is 1.58. The van der Waals surface area contributed by atoms with E-state index in [1.54, 1.807) is 6.21 Å². The largest absolute Gasteiger partial charge is 0.493 e. The van der Waals surface area contributed by atoms with Gasteiger partial charge in [0.05, 0.1) is 17.3 Å². The highest BCUT2D eigenvalue weighted by atomic mass is 79.9. The van der Waals surface area contributed by atoms with Gasteiger partial charge in [-0.05, 0) is 53.5 Å². The van der Waals surface area contributed by atoms with Crippen LogP contribution < -0.4 is 10.2 Å². The van der Waals surface area contributed by atoms with E-state index in [2.05, 4.69) is 31.4 Å². The first-order chi connectivity index (χ1) is 13.1. The lowest BCUT2D eigenvalue weighted by Crippen LogP contribution is -2.18. The van der Waals surface area contributed by atoms with Crippen LogP contribution in [-0.4, -0.2) is 23.7 Å². The average molecular weight is 444 g/mol. The molecule has 5 nitrogen and oxygen atoms in total. The summed E-state index contributed by atoms with van der Waals surface area (Å²) in [5.74, 6) is 0.442. The minimum Gasteiger partial charge on any atom is -0.493 e. The predicted octanol–water partition coefficient (Wildman–Crippen LogP) is 5.04. The number of aryl methyl sites for hydroxylation is 1. The maximum atomic E-state index is 12.4. The minimum absolute atomic E-state index is 0.327. The van der Waals surface area contributed by atoms with Gasteiger partial charge in [0, 0.05) is 10.4 Å². The molecule has 0 aliphatic heterocycles. The fourth-order valence-electron chi connectivity index (χ4n) is 2.40. The third kappa shape index (κ3) is 4.81. The van der Waals surface area contributed by atoms with Crippen molar-refractivity contribution in [2.75, 3.05) is 6.61 Å². The normalized spacial score (nSPS) is 10.9. The fraction of sp³-hybridized carbons (Fsp3) is 0.150. The Hall–Kier alpha value is -2.51. The molecule has 3 aromatic rings. The summed E-state index contributed by atoms with van der Waals surface area (Å²) in [5, 5.41) is 4.85. The van der Waals surface area contributed by atoms with Crippen molar-refractivity contribution in [3.63, 3.8) is 0 Å². The first-order valence-electron chi connectivity index (χ1n) is 8.37. The van der Waals surface area contributed by atoms with Crippen molar-refractivity contribution in [1.82, 2.24) is 10.4 Å². The van der Waals surface area contributed by atoms with Crippen LogP contribution in [0, 0.1) is 6.92 Å². The quantitative estimate of drug-likeness (QED) is 0.428. The first-order valence-corrected chi connectivity index (χ1v) is 9.98. The SMILES string of the molecule is CCOc1ccc(/C=N\NC(=O)c2nc(-c3ccccc3)sc2C)cc1Br. The number of hydrogen-bond donors (Lipinski definition) is 1. The molecule has 1 amide bonds. The fourth-order valence-corrected chi connectivity index (χ4v) is 3.83. The monoisotopic (exact) mass is 443 g/mol. The second-order valence-electron chi connectivity index (χ2n) is 5.61. The van der Waals surface area contributed by atoms with Gasteiger partial charge < -0.3 is 4.74 Å². The predicted molar refractivity (Wildman–Crippen MR) is 113 cm³/mol. The van der Waals surface area contributed by atoms with E-state index in [9.17, 15) is 4.79 Å². The van der Waals surface area contributed by atoms with E-state index in [0.717, 1.165) is 31.2 Å². The molecule has 3 rings (SSSR count). The lowest BCUT2D eigenvalue weighted by Gasteiger charge is -2.05. The number of benzene rings is 2. The zero-order valence-electron chi connectivity index (χ0n) is 14.9. The van der Waals surface area contributed by atoms with Gasteiger partial charge >= 0.3 is 0 Å². The number of nitrogens with one attached hydrogen (secondary N) is 1. The van der Waals surface area contributed by atoms with Crippen LogP contribution in [-0.2, 0) is 0 Å². The summed E-state index contributed by atoms with van der Waals surface area (Å²) < 4.78 is 6.31. The molecule has 2 aromatic carbocycles.